The van der Waals surface area contributed by atoms with Crippen molar-refractivity contribution in [2.45, 2.75) is 19.5 Å². The fourth-order valence-electron chi connectivity index (χ4n) is 2.02. The number of nitrogens with one attached hydrogen (secondary N) is 1. The molecule has 1 aromatic carbocycles. The van der Waals surface area contributed by atoms with Crippen molar-refractivity contribution >= 4 is 38.9 Å². The van der Waals surface area contributed by atoms with Gasteiger partial charge in [-0.15, -0.1) is 11.3 Å². The summed E-state index contributed by atoms with van der Waals surface area (Å²) in [5, 5.41) is 3.49. The summed E-state index contributed by atoms with van der Waals surface area (Å²) in [4.78, 5) is 1.23. The van der Waals surface area contributed by atoms with Crippen LogP contribution in [-0.4, -0.2) is 6.79 Å². The van der Waals surface area contributed by atoms with Crippen molar-refractivity contribution in [3.8, 4) is 11.5 Å². The SMILES string of the molecule is C[C@@H](NCc1cc2c(cc1Br)OCO2)c1ccc(Cl)s1. The van der Waals surface area contributed by atoms with Gasteiger partial charge in [-0.3, -0.25) is 0 Å². The Balaban J connectivity index is 1.69. The molecule has 0 radical (unpaired) electrons. The Morgan fingerprint density at radius 2 is 2.10 bits per heavy atom. The van der Waals surface area contributed by atoms with Crippen LogP contribution in [0.25, 0.3) is 0 Å². The molecule has 2 heterocycles. The first-order chi connectivity index (χ1) is 9.63. The highest BCUT2D eigenvalue weighted by Crippen LogP contribution is 2.37. The van der Waals surface area contributed by atoms with Crippen LogP contribution in [0.5, 0.6) is 11.5 Å². The maximum atomic E-state index is 5.96. The van der Waals surface area contributed by atoms with Gasteiger partial charge in [-0.25, -0.2) is 0 Å². The second-order valence-electron chi connectivity index (χ2n) is 4.54. The maximum Gasteiger partial charge on any atom is 0.231 e. The van der Waals surface area contributed by atoms with Gasteiger partial charge in [0, 0.05) is 21.9 Å². The number of hydrogen-bond donors (Lipinski definition) is 1. The highest BCUT2D eigenvalue weighted by atomic mass is 79.9. The zero-order valence-electron chi connectivity index (χ0n) is 10.8. The monoisotopic (exact) mass is 373 g/mol. The molecule has 2 aromatic rings. The first-order valence-corrected chi connectivity index (χ1v) is 8.19. The third kappa shape index (κ3) is 2.96. The standard InChI is InChI=1S/C14H13BrClNO2S/c1-8(13-2-3-14(16)20-13)17-6-9-4-11-12(5-10(9)15)19-7-18-11/h2-5,8,17H,6-7H2,1H3/t8-/m1/s1. The largest absolute Gasteiger partial charge is 0.454 e. The Morgan fingerprint density at radius 3 is 2.80 bits per heavy atom. The van der Waals surface area contributed by atoms with Crippen LogP contribution in [0.2, 0.25) is 4.34 Å². The second kappa shape index (κ2) is 5.93. The van der Waals surface area contributed by atoms with Gasteiger partial charge in [0.15, 0.2) is 11.5 Å². The van der Waals surface area contributed by atoms with Gasteiger partial charge in [0.2, 0.25) is 6.79 Å². The molecule has 6 heteroatoms. The van der Waals surface area contributed by atoms with Gasteiger partial charge in [-0.1, -0.05) is 27.5 Å². The van der Waals surface area contributed by atoms with Gasteiger partial charge in [-0.2, -0.15) is 0 Å². The molecule has 0 aliphatic carbocycles. The fourth-order valence-corrected chi connectivity index (χ4v) is 3.57. The molecule has 0 saturated carbocycles. The average molecular weight is 375 g/mol. The molecule has 0 amide bonds. The van der Waals surface area contributed by atoms with Gasteiger partial charge in [0.1, 0.15) is 0 Å². The summed E-state index contributed by atoms with van der Waals surface area (Å²) in [5.74, 6) is 1.59. The van der Waals surface area contributed by atoms with Crippen molar-refractivity contribution < 1.29 is 9.47 Å². The molecule has 0 fully saturated rings. The number of benzene rings is 1. The number of thiophene rings is 1. The molecule has 3 rings (SSSR count). The van der Waals surface area contributed by atoms with Crippen LogP contribution in [0.1, 0.15) is 23.4 Å². The van der Waals surface area contributed by atoms with Crippen LogP contribution in [0.3, 0.4) is 0 Å². The Hall–Kier alpha value is -0.750. The van der Waals surface area contributed by atoms with Crippen molar-refractivity contribution in [1.29, 1.82) is 0 Å². The molecule has 1 aliphatic heterocycles. The lowest BCUT2D eigenvalue weighted by Gasteiger charge is -2.13. The molecule has 0 bridgehead atoms. The molecule has 0 spiro atoms. The second-order valence-corrected chi connectivity index (χ2v) is 7.14. The molecule has 0 saturated heterocycles. The summed E-state index contributed by atoms with van der Waals surface area (Å²) in [5.41, 5.74) is 1.14. The quantitative estimate of drug-likeness (QED) is 0.838. The van der Waals surface area contributed by atoms with Crippen molar-refractivity contribution in [2.24, 2.45) is 0 Å². The minimum Gasteiger partial charge on any atom is -0.454 e. The van der Waals surface area contributed by atoms with Gasteiger partial charge >= 0.3 is 0 Å². The number of rotatable bonds is 4. The third-order valence-electron chi connectivity index (χ3n) is 3.16. The molecule has 1 atom stereocenters. The van der Waals surface area contributed by atoms with E-state index in [4.69, 9.17) is 21.1 Å². The molecule has 106 valence electrons. The van der Waals surface area contributed by atoms with Crippen LogP contribution >= 0.6 is 38.9 Å². The van der Waals surface area contributed by atoms with Gasteiger partial charge in [0.25, 0.3) is 0 Å². The average Bonchev–Trinajstić information content (AvgIpc) is 3.04. The summed E-state index contributed by atoms with van der Waals surface area (Å²) in [6, 6.07) is 8.19. The number of halogens is 2. The summed E-state index contributed by atoms with van der Waals surface area (Å²) in [7, 11) is 0. The van der Waals surface area contributed by atoms with E-state index in [9.17, 15) is 0 Å². The molecular weight excluding hydrogens is 362 g/mol. The van der Waals surface area contributed by atoms with Crippen molar-refractivity contribution in [2.75, 3.05) is 6.79 Å². The Labute approximate surface area is 135 Å². The lowest BCUT2D eigenvalue weighted by Crippen LogP contribution is -2.17. The van der Waals surface area contributed by atoms with E-state index in [-0.39, 0.29) is 6.04 Å². The minimum atomic E-state index is 0.254. The zero-order chi connectivity index (χ0) is 14.1. The molecule has 1 N–H and O–H groups in total. The lowest BCUT2D eigenvalue weighted by molar-refractivity contribution is 0.174. The van der Waals surface area contributed by atoms with E-state index in [0.29, 0.717) is 6.79 Å². The summed E-state index contributed by atoms with van der Waals surface area (Å²) in [6.45, 7) is 3.17. The zero-order valence-corrected chi connectivity index (χ0v) is 13.9. The third-order valence-corrected chi connectivity index (χ3v) is 5.31. The van der Waals surface area contributed by atoms with Gasteiger partial charge in [-0.05, 0) is 36.8 Å². The minimum absolute atomic E-state index is 0.254. The topological polar surface area (TPSA) is 30.5 Å². The highest BCUT2D eigenvalue weighted by Gasteiger charge is 2.17. The number of ether oxygens (including phenoxy) is 2. The van der Waals surface area contributed by atoms with Crippen molar-refractivity contribution in [1.82, 2.24) is 5.32 Å². The van der Waals surface area contributed by atoms with E-state index in [1.165, 1.54) is 4.88 Å². The predicted molar refractivity (Wildman–Crippen MR) is 84.8 cm³/mol. The van der Waals surface area contributed by atoms with Crippen LogP contribution < -0.4 is 14.8 Å². The Kier molecular flexibility index (Phi) is 4.21. The van der Waals surface area contributed by atoms with E-state index in [1.807, 2.05) is 18.2 Å². The smallest absolute Gasteiger partial charge is 0.231 e. The van der Waals surface area contributed by atoms with Crippen molar-refractivity contribution in [3.63, 3.8) is 0 Å². The van der Waals surface area contributed by atoms with Crippen molar-refractivity contribution in [3.05, 3.63) is 43.5 Å². The first-order valence-electron chi connectivity index (χ1n) is 6.20. The summed E-state index contributed by atoms with van der Waals surface area (Å²) in [6.07, 6.45) is 0. The lowest BCUT2D eigenvalue weighted by atomic mass is 10.2. The number of fused-ring (bicyclic) bond motifs is 1. The molecule has 1 aromatic heterocycles. The van der Waals surface area contributed by atoms with Crippen LogP contribution in [-0.2, 0) is 6.54 Å². The molecule has 3 nitrogen and oxygen atoms in total. The fraction of sp³-hybridized carbons (Fsp3) is 0.286. The maximum absolute atomic E-state index is 5.96. The van der Waals surface area contributed by atoms with Gasteiger partial charge in [0.05, 0.1) is 4.34 Å². The van der Waals surface area contributed by atoms with E-state index >= 15 is 0 Å². The summed E-state index contributed by atoms with van der Waals surface area (Å²) >= 11 is 11.1. The van der Waals surface area contributed by atoms with Crippen LogP contribution in [0, 0.1) is 0 Å². The van der Waals surface area contributed by atoms with E-state index in [0.717, 1.165) is 32.4 Å². The normalized spacial score (nSPS) is 14.6. The molecule has 0 unspecified atom stereocenters. The Bertz CT molecular complexity index is 632. The Morgan fingerprint density at radius 1 is 1.35 bits per heavy atom. The van der Waals surface area contributed by atoms with E-state index in [2.05, 4.69) is 34.2 Å². The highest BCUT2D eigenvalue weighted by molar-refractivity contribution is 9.10. The molecule has 20 heavy (non-hydrogen) atoms. The van der Waals surface area contributed by atoms with Gasteiger partial charge < -0.3 is 14.8 Å². The van der Waals surface area contributed by atoms with E-state index < -0.39 is 0 Å². The van der Waals surface area contributed by atoms with Crippen LogP contribution in [0.15, 0.2) is 28.7 Å². The molecule has 1 aliphatic rings. The van der Waals surface area contributed by atoms with Crippen LogP contribution in [0.4, 0.5) is 0 Å². The van der Waals surface area contributed by atoms with E-state index in [1.54, 1.807) is 11.3 Å². The first kappa shape index (κ1) is 14.2. The number of hydrogen-bond acceptors (Lipinski definition) is 4. The summed E-state index contributed by atoms with van der Waals surface area (Å²) < 4.78 is 12.6. The predicted octanol–water partition coefficient (Wildman–Crippen LogP) is 4.74. The molecular formula is C14H13BrClNO2S.